The lowest BCUT2D eigenvalue weighted by Gasteiger charge is -2.08. The van der Waals surface area contributed by atoms with Crippen molar-refractivity contribution < 1.29 is 24.2 Å². The summed E-state index contributed by atoms with van der Waals surface area (Å²) in [5.74, 6) is -0.284. The normalized spacial score (nSPS) is 9.78. The quantitative estimate of drug-likeness (QED) is 0.142. The molecular formula is C29H65N3O5. The Morgan fingerprint density at radius 1 is 0.676 bits per heavy atom. The average molecular weight is 536 g/mol. The Labute approximate surface area is 230 Å². The van der Waals surface area contributed by atoms with E-state index in [0.717, 1.165) is 45.4 Å². The highest BCUT2D eigenvalue weighted by Gasteiger charge is 2.02. The predicted octanol–water partition coefficient (Wildman–Crippen LogP) is 5.22. The molecule has 0 atom stereocenters. The van der Waals surface area contributed by atoms with E-state index in [1.165, 1.54) is 51.4 Å². The molecule has 0 spiro atoms. The van der Waals surface area contributed by atoms with Gasteiger partial charge in [0, 0.05) is 26.8 Å². The van der Waals surface area contributed by atoms with E-state index in [2.05, 4.69) is 16.0 Å². The molecule has 0 saturated heterocycles. The second-order valence-electron chi connectivity index (χ2n) is 8.56. The lowest BCUT2D eigenvalue weighted by atomic mass is 10.1. The van der Waals surface area contributed by atoms with Gasteiger partial charge in [-0.15, -0.1) is 0 Å². The molecule has 0 aromatic heterocycles. The molecule has 0 saturated carbocycles. The number of hydrogen-bond acceptors (Lipinski definition) is 6. The first-order valence-electron chi connectivity index (χ1n) is 14.9. The molecule has 8 heteroatoms. The van der Waals surface area contributed by atoms with Crippen LogP contribution in [-0.2, 0) is 19.1 Å². The van der Waals surface area contributed by atoms with Gasteiger partial charge >= 0.3 is 0 Å². The zero-order valence-electron chi connectivity index (χ0n) is 25.9. The first kappa shape index (κ1) is 42.9. The van der Waals surface area contributed by atoms with Gasteiger partial charge in [-0.2, -0.15) is 0 Å². The van der Waals surface area contributed by atoms with E-state index in [4.69, 9.17) is 14.6 Å². The van der Waals surface area contributed by atoms with E-state index in [1.807, 2.05) is 48.6 Å². The number of unbranched alkanes of at least 4 members (excludes halogenated alkanes) is 10. The van der Waals surface area contributed by atoms with E-state index < -0.39 is 6.61 Å². The number of hydrogen-bond donors (Lipinski definition) is 4. The second kappa shape index (κ2) is 41.9. The topological polar surface area (TPSA) is 109 Å². The van der Waals surface area contributed by atoms with Crippen molar-refractivity contribution in [3.63, 3.8) is 0 Å². The van der Waals surface area contributed by atoms with E-state index in [-0.39, 0.29) is 24.5 Å². The van der Waals surface area contributed by atoms with Gasteiger partial charge in [0.25, 0.3) is 0 Å². The highest BCUT2D eigenvalue weighted by Crippen LogP contribution is 2.05. The summed E-state index contributed by atoms with van der Waals surface area (Å²) in [5, 5.41) is 17.1. The molecular weight excluding hydrogens is 470 g/mol. The summed E-state index contributed by atoms with van der Waals surface area (Å²) in [6.45, 7) is 15.1. The maximum atomic E-state index is 11.3. The zero-order valence-corrected chi connectivity index (χ0v) is 25.9. The van der Waals surface area contributed by atoms with Crippen molar-refractivity contribution in [3.05, 3.63) is 0 Å². The van der Waals surface area contributed by atoms with E-state index in [9.17, 15) is 9.59 Å². The van der Waals surface area contributed by atoms with E-state index in [0.29, 0.717) is 6.54 Å². The molecule has 0 fully saturated rings. The number of aliphatic hydroxyl groups excluding tert-OH is 1. The van der Waals surface area contributed by atoms with Gasteiger partial charge in [-0.1, -0.05) is 79.1 Å². The molecule has 0 aromatic rings. The minimum absolute atomic E-state index is 0.00211. The van der Waals surface area contributed by atoms with Crippen LogP contribution in [0.2, 0.25) is 0 Å². The first-order chi connectivity index (χ1) is 18.0. The minimum atomic E-state index is -0.406. The SMILES string of the molecule is CC.CC.CNCCCCCCCCNC(=O)COC(C)C.COCCCCCCCCNC(=O)CO. The molecule has 4 N–H and O–H groups in total. The smallest absolute Gasteiger partial charge is 0.246 e. The van der Waals surface area contributed by atoms with Crippen molar-refractivity contribution >= 4 is 11.8 Å². The summed E-state index contributed by atoms with van der Waals surface area (Å²) in [6.07, 6.45) is 14.4. The molecule has 0 bridgehead atoms. The van der Waals surface area contributed by atoms with Crippen molar-refractivity contribution in [2.24, 2.45) is 0 Å². The van der Waals surface area contributed by atoms with Crippen LogP contribution in [0.25, 0.3) is 0 Å². The van der Waals surface area contributed by atoms with Crippen molar-refractivity contribution in [2.45, 2.75) is 125 Å². The van der Waals surface area contributed by atoms with Crippen LogP contribution >= 0.6 is 0 Å². The molecule has 0 heterocycles. The highest BCUT2D eigenvalue weighted by molar-refractivity contribution is 5.77. The number of nitrogens with one attached hydrogen (secondary N) is 3. The van der Waals surface area contributed by atoms with Crippen molar-refractivity contribution in [2.75, 3.05) is 53.6 Å². The largest absolute Gasteiger partial charge is 0.387 e. The Bertz CT molecular complexity index is 424. The summed E-state index contributed by atoms with van der Waals surface area (Å²) >= 11 is 0. The number of aliphatic hydroxyl groups is 1. The molecule has 226 valence electrons. The maximum absolute atomic E-state index is 11.3. The van der Waals surface area contributed by atoms with Crippen LogP contribution < -0.4 is 16.0 Å². The molecule has 0 aliphatic rings. The number of amides is 2. The van der Waals surface area contributed by atoms with Crippen molar-refractivity contribution in [1.82, 2.24) is 16.0 Å². The Hall–Kier alpha value is -1.22. The summed E-state index contributed by atoms with van der Waals surface area (Å²) in [6, 6.07) is 0. The third kappa shape index (κ3) is 48.4. The lowest BCUT2D eigenvalue weighted by molar-refractivity contribution is -0.127. The van der Waals surface area contributed by atoms with E-state index in [1.54, 1.807) is 7.11 Å². The fourth-order valence-corrected chi connectivity index (χ4v) is 3.02. The Kier molecular flexibility index (Phi) is 48.5. The summed E-state index contributed by atoms with van der Waals surface area (Å²) in [4.78, 5) is 22.0. The molecule has 0 aliphatic heterocycles. The highest BCUT2D eigenvalue weighted by atomic mass is 16.5. The average Bonchev–Trinajstić information content (AvgIpc) is 2.92. The molecule has 2 amide bonds. The van der Waals surface area contributed by atoms with Crippen LogP contribution in [0.15, 0.2) is 0 Å². The Morgan fingerprint density at radius 3 is 1.49 bits per heavy atom. The van der Waals surface area contributed by atoms with Gasteiger partial charge in [0.05, 0.1) is 6.10 Å². The first-order valence-corrected chi connectivity index (χ1v) is 14.9. The number of ether oxygens (including phenoxy) is 2. The molecule has 37 heavy (non-hydrogen) atoms. The van der Waals surface area contributed by atoms with Crippen LogP contribution in [0.1, 0.15) is 119 Å². The predicted molar refractivity (Wildman–Crippen MR) is 158 cm³/mol. The summed E-state index contributed by atoms with van der Waals surface area (Å²) in [5.41, 5.74) is 0. The standard InChI is InChI=1S/C14H30N2O2.C11H23NO3.2C2H6/c1-13(2)18-12-14(17)16-11-9-7-5-4-6-8-10-15-3;1-15-9-7-5-3-2-4-6-8-12-11(14)10-13;2*1-2/h13,15H,4-12H2,1-3H3,(H,16,17);13H,2-10H2,1H3,(H,12,14);2*1-2H3. The zero-order chi connectivity index (χ0) is 29.0. The molecule has 0 aromatic carbocycles. The third-order valence-electron chi connectivity index (χ3n) is 4.96. The molecule has 0 radical (unpaired) electrons. The van der Waals surface area contributed by atoms with Gasteiger partial charge in [0.1, 0.15) is 13.2 Å². The lowest BCUT2D eigenvalue weighted by Crippen LogP contribution is -2.29. The number of rotatable bonds is 22. The van der Waals surface area contributed by atoms with Gasteiger partial charge in [0.2, 0.25) is 11.8 Å². The molecule has 0 rings (SSSR count). The van der Waals surface area contributed by atoms with Crippen LogP contribution in [0.4, 0.5) is 0 Å². The maximum Gasteiger partial charge on any atom is 0.246 e. The van der Waals surface area contributed by atoms with Gasteiger partial charge in [-0.25, -0.2) is 0 Å². The van der Waals surface area contributed by atoms with Crippen LogP contribution in [0.3, 0.4) is 0 Å². The van der Waals surface area contributed by atoms with Crippen LogP contribution in [0.5, 0.6) is 0 Å². The van der Waals surface area contributed by atoms with Gasteiger partial charge in [-0.05, 0) is 53.1 Å². The monoisotopic (exact) mass is 535 g/mol. The summed E-state index contributed by atoms with van der Waals surface area (Å²) in [7, 11) is 3.72. The van der Waals surface area contributed by atoms with Gasteiger partial charge in [-0.3, -0.25) is 9.59 Å². The molecule has 0 unspecified atom stereocenters. The van der Waals surface area contributed by atoms with Crippen LogP contribution in [0, 0.1) is 0 Å². The summed E-state index contributed by atoms with van der Waals surface area (Å²) < 4.78 is 10.2. The third-order valence-corrected chi connectivity index (χ3v) is 4.96. The second-order valence-corrected chi connectivity index (χ2v) is 8.56. The number of methoxy groups -OCH3 is 1. The van der Waals surface area contributed by atoms with Crippen LogP contribution in [-0.4, -0.2) is 76.6 Å². The fraction of sp³-hybridized carbons (Fsp3) is 0.931. The Morgan fingerprint density at radius 2 is 1.08 bits per heavy atom. The molecule has 8 nitrogen and oxygen atoms in total. The van der Waals surface area contributed by atoms with Gasteiger partial charge in [0.15, 0.2) is 0 Å². The minimum Gasteiger partial charge on any atom is -0.387 e. The van der Waals surface area contributed by atoms with Crippen molar-refractivity contribution in [3.8, 4) is 0 Å². The fourth-order valence-electron chi connectivity index (χ4n) is 3.02. The number of carbonyl (C=O) groups is 2. The Balaban J connectivity index is -0.000000262. The number of carbonyl (C=O) groups excluding carboxylic acids is 2. The molecule has 0 aliphatic carbocycles. The van der Waals surface area contributed by atoms with E-state index >= 15 is 0 Å². The van der Waals surface area contributed by atoms with Gasteiger partial charge < -0.3 is 30.5 Å². The van der Waals surface area contributed by atoms with Crippen molar-refractivity contribution in [1.29, 1.82) is 0 Å².